The Morgan fingerprint density at radius 2 is 1.86 bits per heavy atom. The van der Waals surface area contributed by atoms with Gasteiger partial charge in [0.25, 0.3) is 0 Å². The zero-order chi connectivity index (χ0) is 15.9. The number of aliphatic hydroxyl groups is 1. The third kappa shape index (κ3) is 15.6. The number of carbonyl (C=O) groups excluding carboxylic acids is 1. The van der Waals surface area contributed by atoms with E-state index in [1.54, 1.807) is 6.92 Å². The van der Waals surface area contributed by atoms with E-state index in [-0.39, 0.29) is 12.0 Å². The van der Waals surface area contributed by atoms with Crippen LogP contribution in [0.5, 0.6) is 0 Å². The average molecular weight is 303 g/mol. The van der Waals surface area contributed by atoms with E-state index >= 15 is 0 Å². The van der Waals surface area contributed by atoms with Crippen LogP contribution in [-0.4, -0.2) is 49.6 Å². The maximum Gasteiger partial charge on any atom is 0.220 e. The van der Waals surface area contributed by atoms with Gasteiger partial charge in [0, 0.05) is 13.0 Å². The van der Waals surface area contributed by atoms with Crippen molar-refractivity contribution in [3.8, 4) is 0 Å². The molecule has 5 nitrogen and oxygen atoms in total. The van der Waals surface area contributed by atoms with Gasteiger partial charge in [-0.15, -0.1) is 0 Å². The van der Waals surface area contributed by atoms with Gasteiger partial charge in [-0.05, 0) is 20.3 Å². The summed E-state index contributed by atoms with van der Waals surface area (Å²) in [6.07, 6.45) is 5.91. The highest BCUT2D eigenvalue weighted by Gasteiger charge is 2.05. The molecule has 0 saturated heterocycles. The Morgan fingerprint density at radius 1 is 1.14 bits per heavy atom. The summed E-state index contributed by atoms with van der Waals surface area (Å²) in [6.45, 7) is 7.59. The van der Waals surface area contributed by atoms with Crippen molar-refractivity contribution in [2.45, 2.75) is 71.5 Å². The second-order valence-electron chi connectivity index (χ2n) is 5.58. The summed E-state index contributed by atoms with van der Waals surface area (Å²) in [4.78, 5) is 11.5. The molecule has 0 heterocycles. The lowest BCUT2D eigenvalue weighted by atomic mass is 10.1. The lowest BCUT2D eigenvalue weighted by Crippen LogP contribution is -2.28. The number of rotatable bonds is 14. The molecule has 0 aromatic rings. The van der Waals surface area contributed by atoms with Crippen LogP contribution in [0.4, 0.5) is 0 Å². The molecule has 21 heavy (non-hydrogen) atoms. The van der Waals surface area contributed by atoms with Gasteiger partial charge in [-0.2, -0.15) is 0 Å². The molecule has 0 aliphatic heterocycles. The minimum atomic E-state index is -0.455. The van der Waals surface area contributed by atoms with E-state index in [2.05, 4.69) is 12.2 Å². The van der Waals surface area contributed by atoms with E-state index in [1.165, 1.54) is 19.3 Å². The third-order valence-corrected chi connectivity index (χ3v) is 3.05. The van der Waals surface area contributed by atoms with Crippen molar-refractivity contribution in [3.63, 3.8) is 0 Å². The van der Waals surface area contributed by atoms with E-state index in [0.717, 1.165) is 12.8 Å². The molecule has 126 valence electrons. The molecule has 0 rings (SSSR count). The Bertz CT molecular complexity index is 246. The topological polar surface area (TPSA) is 67.8 Å². The molecule has 0 saturated carbocycles. The number of unbranched alkanes of at least 4 members (excludes halogenated alkanes) is 4. The number of amides is 1. The summed E-state index contributed by atoms with van der Waals surface area (Å²) in [5, 5.41) is 11.9. The van der Waals surface area contributed by atoms with Crippen LogP contribution < -0.4 is 5.32 Å². The molecule has 0 radical (unpaired) electrons. The number of ether oxygens (including phenoxy) is 2. The Morgan fingerprint density at radius 3 is 2.52 bits per heavy atom. The van der Waals surface area contributed by atoms with Crippen LogP contribution in [0.3, 0.4) is 0 Å². The number of aliphatic hydroxyl groups excluding tert-OH is 1. The second-order valence-corrected chi connectivity index (χ2v) is 5.58. The molecule has 2 N–H and O–H groups in total. The number of carbonyl (C=O) groups is 1. The molecule has 0 fully saturated rings. The number of nitrogens with one attached hydrogen (secondary N) is 1. The highest BCUT2D eigenvalue weighted by atomic mass is 16.5. The summed E-state index contributed by atoms with van der Waals surface area (Å²) < 4.78 is 10.8. The van der Waals surface area contributed by atoms with Crippen molar-refractivity contribution in [3.05, 3.63) is 0 Å². The van der Waals surface area contributed by atoms with E-state index in [4.69, 9.17) is 14.6 Å². The normalized spacial score (nSPS) is 13.9. The molecule has 5 heteroatoms. The highest BCUT2D eigenvalue weighted by Crippen LogP contribution is 2.04. The molecular weight excluding hydrogens is 270 g/mol. The predicted molar refractivity (Wildman–Crippen MR) is 84.3 cm³/mol. The molecule has 0 bridgehead atoms. The van der Waals surface area contributed by atoms with Gasteiger partial charge in [0.15, 0.2) is 0 Å². The van der Waals surface area contributed by atoms with Crippen molar-refractivity contribution in [1.29, 1.82) is 0 Å². The highest BCUT2D eigenvalue weighted by molar-refractivity contribution is 5.75. The van der Waals surface area contributed by atoms with Gasteiger partial charge in [0.05, 0.1) is 32.0 Å². The summed E-state index contributed by atoms with van der Waals surface area (Å²) >= 11 is 0. The van der Waals surface area contributed by atoms with Crippen LogP contribution in [0.2, 0.25) is 0 Å². The largest absolute Gasteiger partial charge is 0.391 e. The fraction of sp³-hybridized carbons (Fsp3) is 0.938. The number of hydrogen-bond acceptors (Lipinski definition) is 4. The summed E-state index contributed by atoms with van der Waals surface area (Å²) in [7, 11) is 0. The zero-order valence-corrected chi connectivity index (χ0v) is 13.9. The van der Waals surface area contributed by atoms with Crippen molar-refractivity contribution >= 4 is 5.91 Å². The van der Waals surface area contributed by atoms with Gasteiger partial charge in [-0.25, -0.2) is 0 Å². The average Bonchev–Trinajstić information content (AvgIpc) is 2.44. The molecular formula is C16H33NO4. The van der Waals surface area contributed by atoms with Gasteiger partial charge >= 0.3 is 0 Å². The molecule has 0 spiro atoms. The first-order valence-electron chi connectivity index (χ1n) is 8.20. The standard InChI is InChI=1S/C16H33NO4/c1-4-5-6-7-8-9-16(19)17-10-11-20-13-15(3)21-12-14(2)18/h14-15,18H,4-13H2,1-3H3,(H,17,19). The summed E-state index contributed by atoms with van der Waals surface area (Å²) in [5.41, 5.74) is 0. The van der Waals surface area contributed by atoms with E-state index < -0.39 is 6.10 Å². The Kier molecular flexibility index (Phi) is 13.9. The smallest absolute Gasteiger partial charge is 0.220 e. The van der Waals surface area contributed by atoms with Gasteiger partial charge in [-0.3, -0.25) is 4.79 Å². The minimum Gasteiger partial charge on any atom is -0.391 e. The lowest BCUT2D eigenvalue weighted by Gasteiger charge is -2.14. The Hall–Kier alpha value is -0.650. The van der Waals surface area contributed by atoms with E-state index in [1.807, 2.05) is 6.92 Å². The van der Waals surface area contributed by atoms with Crippen LogP contribution in [0.15, 0.2) is 0 Å². The van der Waals surface area contributed by atoms with Crippen molar-refractivity contribution in [2.75, 3.05) is 26.4 Å². The SMILES string of the molecule is CCCCCCCC(=O)NCCOCC(C)OCC(C)O. The second kappa shape index (κ2) is 14.3. The first kappa shape index (κ1) is 20.3. The molecule has 0 aromatic heterocycles. The van der Waals surface area contributed by atoms with Crippen LogP contribution in [0, 0.1) is 0 Å². The van der Waals surface area contributed by atoms with E-state index in [0.29, 0.717) is 32.8 Å². The van der Waals surface area contributed by atoms with Gasteiger partial charge in [-0.1, -0.05) is 32.6 Å². The first-order valence-corrected chi connectivity index (χ1v) is 8.20. The van der Waals surface area contributed by atoms with Crippen LogP contribution in [0.1, 0.15) is 59.3 Å². The molecule has 2 atom stereocenters. The van der Waals surface area contributed by atoms with Crippen LogP contribution in [-0.2, 0) is 14.3 Å². The third-order valence-electron chi connectivity index (χ3n) is 3.05. The lowest BCUT2D eigenvalue weighted by molar-refractivity contribution is -0.121. The van der Waals surface area contributed by atoms with Gasteiger partial charge in [0.2, 0.25) is 5.91 Å². The zero-order valence-electron chi connectivity index (χ0n) is 13.9. The van der Waals surface area contributed by atoms with Crippen LogP contribution >= 0.6 is 0 Å². The maximum atomic E-state index is 11.5. The predicted octanol–water partition coefficient (Wildman–Crippen LogP) is 2.27. The molecule has 2 unspecified atom stereocenters. The molecule has 0 aromatic carbocycles. The van der Waals surface area contributed by atoms with Gasteiger partial charge in [0.1, 0.15) is 0 Å². The minimum absolute atomic E-state index is 0.0473. The number of hydrogen-bond donors (Lipinski definition) is 2. The van der Waals surface area contributed by atoms with Crippen molar-refractivity contribution < 1.29 is 19.4 Å². The molecule has 0 aliphatic rings. The van der Waals surface area contributed by atoms with Crippen molar-refractivity contribution in [1.82, 2.24) is 5.32 Å². The Labute approximate surface area is 129 Å². The molecule has 1 amide bonds. The quantitative estimate of drug-likeness (QED) is 0.483. The Balaban J connectivity index is 3.31. The first-order chi connectivity index (χ1) is 10.1. The van der Waals surface area contributed by atoms with Gasteiger partial charge < -0.3 is 19.9 Å². The van der Waals surface area contributed by atoms with Crippen LogP contribution in [0.25, 0.3) is 0 Å². The fourth-order valence-corrected chi connectivity index (χ4v) is 1.84. The van der Waals surface area contributed by atoms with Crippen molar-refractivity contribution in [2.24, 2.45) is 0 Å². The monoisotopic (exact) mass is 303 g/mol. The maximum absolute atomic E-state index is 11.5. The summed E-state index contributed by atoms with van der Waals surface area (Å²) in [6, 6.07) is 0. The molecule has 0 aliphatic carbocycles. The van der Waals surface area contributed by atoms with E-state index in [9.17, 15) is 4.79 Å². The summed E-state index contributed by atoms with van der Waals surface area (Å²) in [5.74, 6) is 0.105. The fourth-order valence-electron chi connectivity index (χ4n) is 1.84.